The molecule has 1 aromatic carbocycles. The van der Waals surface area contributed by atoms with E-state index in [-0.39, 0.29) is 5.75 Å². The van der Waals surface area contributed by atoms with Crippen LogP contribution < -0.4 is 11.3 Å². The summed E-state index contributed by atoms with van der Waals surface area (Å²) in [7, 11) is -3.13. The van der Waals surface area contributed by atoms with Gasteiger partial charge in [0.15, 0.2) is 0 Å². The van der Waals surface area contributed by atoms with Gasteiger partial charge in [-0.25, -0.2) is 19.2 Å². The van der Waals surface area contributed by atoms with Crippen LogP contribution in [0.2, 0.25) is 0 Å². The molecular weight excluding hydrogens is 276 g/mol. The lowest BCUT2D eigenvalue weighted by Gasteiger charge is -2.16. The molecule has 3 N–H and O–H groups in total. The zero-order chi connectivity index (χ0) is 14.2. The van der Waals surface area contributed by atoms with Crippen molar-refractivity contribution in [2.24, 2.45) is 5.84 Å². The van der Waals surface area contributed by atoms with E-state index in [0.717, 1.165) is 16.5 Å². The topological polar surface area (TPSA) is 88.3 Å². The molecule has 7 heteroatoms. The first kappa shape index (κ1) is 13.3. The summed E-state index contributed by atoms with van der Waals surface area (Å²) in [5, 5.41) is 0.970. The predicted octanol–water partition coefficient (Wildman–Crippen LogP) is 1.06. The molecule has 0 unspecified atom stereocenters. The molecule has 0 amide bonds. The molecule has 106 valence electrons. The van der Waals surface area contributed by atoms with Crippen LogP contribution in [-0.4, -0.2) is 30.0 Å². The van der Waals surface area contributed by atoms with Gasteiger partial charge in [0.2, 0.25) is 10.0 Å². The summed E-state index contributed by atoms with van der Waals surface area (Å²) in [6, 6.07) is 9.61. The molecule has 2 aromatic rings. The highest BCUT2D eigenvalue weighted by molar-refractivity contribution is 7.89. The Hall–Kier alpha value is -1.70. The largest absolute Gasteiger partial charge is 0.308 e. The van der Waals surface area contributed by atoms with Crippen LogP contribution in [0.4, 0.5) is 5.82 Å². The van der Waals surface area contributed by atoms with Crippen LogP contribution >= 0.6 is 0 Å². The van der Waals surface area contributed by atoms with Gasteiger partial charge in [0.05, 0.1) is 11.3 Å². The fraction of sp³-hybridized carbons (Fsp3) is 0.308. The number of pyridine rings is 1. The predicted molar refractivity (Wildman–Crippen MR) is 78.4 cm³/mol. The van der Waals surface area contributed by atoms with Gasteiger partial charge in [-0.2, -0.15) is 4.31 Å². The van der Waals surface area contributed by atoms with E-state index in [1.54, 1.807) is 0 Å². The van der Waals surface area contributed by atoms with E-state index in [0.29, 0.717) is 25.3 Å². The zero-order valence-corrected chi connectivity index (χ0v) is 11.7. The van der Waals surface area contributed by atoms with Crippen LogP contribution in [0, 0.1) is 0 Å². The molecule has 3 rings (SSSR count). The van der Waals surface area contributed by atoms with Crippen LogP contribution in [0.15, 0.2) is 30.3 Å². The van der Waals surface area contributed by atoms with Gasteiger partial charge in [-0.1, -0.05) is 18.2 Å². The Balaban J connectivity index is 2.02. The SMILES string of the molecule is NNc1nc2ccccc2cc1CN1CCCS1(=O)=O. The van der Waals surface area contributed by atoms with Crippen molar-refractivity contribution in [3.05, 3.63) is 35.9 Å². The Kier molecular flexibility index (Phi) is 3.33. The molecule has 1 saturated heterocycles. The lowest BCUT2D eigenvalue weighted by atomic mass is 10.1. The Labute approximate surface area is 117 Å². The highest BCUT2D eigenvalue weighted by atomic mass is 32.2. The van der Waals surface area contributed by atoms with Gasteiger partial charge >= 0.3 is 0 Å². The standard InChI is InChI=1S/C13H16N4O2S/c14-16-13-11(9-17-6-3-7-20(17,18)19)8-10-4-1-2-5-12(10)15-13/h1-2,4-5,8H,3,6-7,9,14H2,(H,15,16). The summed E-state index contributed by atoms with van der Waals surface area (Å²) in [6.07, 6.45) is 0.675. The first-order valence-electron chi connectivity index (χ1n) is 6.43. The number of sulfonamides is 1. The number of fused-ring (bicyclic) bond motifs is 1. The van der Waals surface area contributed by atoms with Crippen molar-refractivity contribution in [3.63, 3.8) is 0 Å². The van der Waals surface area contributed by atoms with E-state index in [2.05, 4.69) is 10.4 Å². The smallest absolute Gasteiger partial charge is 0.214 e. The molecular formula is C13H16N4O2S. The molecule has 0 bridgehead atoms. The number of benzene rings is 1. The molecule has 0 atom stereocenters. The molecule has 0 saturated carbocycles. The summed E-state index contributed by atoms with van der Waals surface area (Å²) in [5.41, 5.74) is 4.17. The third kappa shape index (κ3) is 2.35. The number of nitrogen functional groups attached to an aromatic ring is 1. The number of hydrogen-bond donors (Lipinski definition) is 2. The van der Waals surface area contributed by atoms with Crippen molar-refractivity contribution in [3.8, 4) is 0 Å². The highest BCUT2D eigenvalue weighted by Gasteiger charge is 2.28. The number of anilines is 1. The second kappa shape index (κ2) is 5.01. The van der Waals surface area contributed by atoms with Gasteiger partial charge in [0.25, 0.3) is 0 Å². The number of nitrogens with one attached hydrogen (secondary N) is 1. The molecule has 20 heavy (non-hydrogen) atoms. The van der Waals surface area contributed by atoms with Crippen molar-refractivity contribution >= 4 is 26.7 Å². The molecule has 0 aliphatic carbocycles. The van der Waals surface area contributed by atoms with Gasteiger partial charge in [0, 0.05) is 24.0 Å². The molecule has 2 heterocycles. The maximum absolute atomic E-state index is 11.9. The fourth-order valence-electron chi connectivity index (χ4n) is 2.46. The first-order chi connectivity index (χ1) is 9.60. The van der Waals surface area contributed by atoms with E-state index in [4.69, 9.17) is 5.84 Å². The minimum absolute atomic E-state index is 0.222. The van der Waals surface area contributed by atoms with Crippen molar-refractivity contribution in [2.45, 2.75) is 13.0 Å². The monoisotopic (exact) mass is 292 g/mol. The zero-order valence-electron chi connectivity index (χ0n) is 10.9. The molecule has 0 radical (unpaired) electrons. The summed E-state index contributed by atoms with van der Waals surface area (Å²) >= 11 is 0. The average Bonchev–Trinajstić information content (AvgIpc) is 2.77. The van der Waals surface area contributed by atoms with Crippen LogP contribution in [0.5, 0.6) is 0 Å². The number of rotatable bonds is 3. The summed E-state index contributed by atoms with van der Waals surface area (Å²) < 4.78 is 25.3. The van der Waals surface area contributed by atoms with Crippen LogP contribution in [0.1, 0.15) is 12.0 Å². The maximum Gasteiger partial charge on any atom is 0.214 e. The van der Waals surface area contributed by atoms with Gasteiger partial charge in [-0.3, -0.25) is 0 Å². The number of aromatic nitrogens is 1. The molecule has 1 fully saturated rings. The molecule has 1 aliphatic heterocycles. The normalized spacial score (nSPS) is 18.4. The van der Waals surface area contributed by atoms with Crippen molar-refractivity contribution < 1.29 is 8.42 Å². The first-order valence-corrected chi connectivity index (χ1v) is 8.04. The number of nitrogens with zero attached hydrogens (tertiary/aromatic N) is 2. The summed E-state index contributed by atoms with van der Waals surface area (Å²) in [6.45, 7) is 0.860. The minimum Gasteiger partial charge on any atom is -0.308 e. The van der Waals surface area contributed by atoms with E-state index in [1.165, 1.54) is 4.31 Å². The van der Waals surface area contributed by atoms with Gasteiger partial charge in [0.1, 0.15) is 5.82 Å². The number of hydrazine groups is 1. The lowest BCUT2D eigenvalue weighted by molar-refractivity contribution is 0.440. The number of para-hydroxylation sites is 1. The van der Waals surface area contributed by atoms with Gasteiger partial charge in [-0.15, -0.1) is 0 Å². The Bertz CT molecular complexity index is 745. The number of nitrogens with two attached hydrogens (primary N) is 1. The summed E-state index contributed by atoms with van der Waals surface area (Å²) in [4.78, 5) is 4.43. The van der Waals surface area contributed by atoms with Crippen LogP contribution in [0.25, 0.3) is 10.9 Å². The maximum atomic E-state index is 11.9. The quantitative estimate of drug-likeness (QED) is 0.652. The molecule has 6 nitrogen and oxygen atoms in total. The molecule has 1 aromatic heterocycles. The third-order valence-electron chi connectivity index (χ3n) is 3.49. The van der Waals surface area contributed by atoms with Gasteiger partial charge in [-0.05, 0) is 18.6 Å². The lowest BCUT2D eigenvalue weighted by Crippen LogP contribution is -2.26. The minimum atomic E-state index is -3.13. The van der Waals surface area contributed by atoms with E-state index in [9.17, 15) is 8.42 Å². The van der Waals surface area contributed by atoms with Crippen molar-refractivity contribution in [1.82, 2.24) is 9.29 Å². The van der Waals surface area contributed by atoms with Crippen LogP contribution in [-0.2, 0) is 16.6 Å². The third-order valence-corrected chi connectivity index (χ3v) is 5.39. The second-order valence-electron chi connectivity index (χ2n) is 4.84. The Morgan fingerprint density at radius 2 is 2.15 bits per heavy atom. The Morgan fingerprint density at radius 3 is 2.85 bits per heavy atom. The highest BCUT2D eigenvalue weighted by Crippen LogP contribution is 2.24. The Morgan fingerprint density at radius 1 is 1.35 bits per heavy atom. The van der Waals surface area contributed by atoms with Crippen molar-refractivity contribution in [1.29, 1.82) is 0 Å². The average molecular weight is 292 g/mol. The second-order valence-corrected chi connectivity index (χ2v) is 6.92. The molecule has 0 spiro atoms. The van der Waals surface area contributed by atoms with Crippen molar-refractivity contribution in [2.75, 3.05) is 17.7 Å². The van der Waals surface area contributed by atoms with E-state index in [1.807, 2.05) is 30.3 Å². The van der Waals surface area contributed by atoms with E-state index >= 15 is 0 Å². The summed E-state index contributed by atoms with van der Waals surface area (Å²) in [5.74, 6) is 6.24. The van der Waals surface area contributed by atoms with Gasteiger partial charge < -0.3 is 5.43 Å². The fourth-order valence-corrected chi connectivity index (χ4v) is 3.96. The number of hydrogen-bond acceptors (Lipinski definition) is 5. The van der Waals surface area contributed by atoms with Crippen LogP contribution in [0.3, 0.4) is 0 Å². The van der Waals surface area contributed by atoms with E-state index < -0.39 is 10.0 Å². The molecule has 1 aliphatic rings.